The average molecular weight is 614 g/mol. The number of anilines is 1. The molecule has 4 rings (SSSR count). The normalized spacial score (nSPS) is 11.8. The second-order valence-electron chi connectivity index (χ2n) is 10.5. The second kappa shape index (κ2) is 15.2. The highest BCUT2D eigenvalue weighted by Crippen LogP contribution is 2.32. The van der Waals surface area contributed by atoms with Gasteiger partial charge in [0.15, 0.2) is 0 Å². The van der Waals surface area contributed by atoms with Crippen molar-refractivity contribution in [2.24, 2.45) is 0 Å². The third-order valence-electron chi connectivity index (χ3n) is 7.26. The Morgan fingerprint density at radius 2 is 1.41 bits per heavy atom. The Labute approximate surface area is 260 Å². The molecule has 4 aromatic carbocycles. The van der Waals surface area contributed by atoms with Crippen LogP contribution in [0.1, 0.15) is 30.0 Å². The number of sulfonamides is 1. The van der Waals surface area contributed by atoms with E-state index in [1.807, 2.05) is 74.5 Å². The van der Waals surface area contributed by atoms with E-state index in [0.717, 1.165) is 27.4 Å². The van der Waals surface area contributed by atoms with E-state index in [0.29, 0.717) is 12.3 Å². The molecule has 44 heavy (non-hydrogen) atoms. The van der Waals surface area contributed by atoms with Crippen molar-refractivity contribution in [3.8, 4) is 5.75 Å². The van der Waals surface area contributed by atoms with Crippen LogP contribution in [0, 0.1) is 6.92 Å². The van der Waals surface area contributed by atoms with Gasteiger partial charge < -0.3 is 15.0 Å². The molecule has 230 valence electrons. The fourth-order valence-electron chi connectivity index (χ4n) is 4.89. The fourth-order valence-corrected chi connectivity index (χ4v) is 6.31. The summed E-state index contributed by atoms with van der Waals surface area (Å²) in [6.07, 6.45) is 0.987. The number of rotatable bonds is 14. The Morgan fingerprint density at radius 1 is 0.818 bits per heavy atom. The number of amides is 2. The van der Waals surface area contributed by atoms with Gasteiger partial charge in [0, 0.05) is 19.5 Å². The number of hydrogen-bond acceptors (Lipinski definition) is 5. The quantitative estimate of drug-likeness (QED) is 0.207. The Kier molecular flexibility index (Phi) is 11.2. The highest BCUT2D eigenvalue weighted by Gasteiger charge is 2.35. The molecule has 2 amide bonds. The third-order valence-corrected chi connectivity index (χ3v) is 9.03. The number of methoxy groups -OCH3 is 1. The van der Waals surface area contributed by atoms with Gasteiger partial charge in [-0.3, -0.25) is 13.9 Å². The first-order valence-corrected chi connectivity index (χ1v) is 16.1. The summed E-state index contributed by atoms with van der Waals surface area (Å²) in [4.78, 5) is 29.7. The number of nitrogens with zero attached hydrogens (tertiary/aromatic N) is 2. The molecule has 0 heterocycles. The summed E-state index contributed by atoms with van der Waals surface area (Å²) in [5.41, 5.74) is 2.81. The van der Waals surface area contributed by atoms with Crippen molar-refractivity contribution in [3.63, 3.8) is 0 Å². The zero-order valence-corrected chi connectivity index (χ0v) is 26.2. The molecule has 0 saturated heterocycles. The van der Waals surface area contributed by atoms with Gasteiger partial charge in [0.1, 0.15) is 18.3 Å². The summed E-state index contributed by atoms with van der Waals surface area (Å²) in [7, 11) is -2.77. The molecule has 1 N–H and O–H groups in total. The van der Waals surface area contributed by atoms with Gasteiger partial charge in [-0.05, 0) is 48.7 Å². The van der Waals surface area contributed by atoms with Crippen LogP contribution in [0.15, 0.2) is 114 Å². The maximum Gasteiger partial charge on any atom is 0.264 e. The highest BCUT2D eigenvalue weighted by molar-refractivity contribution is 7.92. The predicted molar refractivity (Wildman–Crippen MR) is 173 cm³/mol. The van der Waals surface area contributed by atoms with E-state index >= 15 is 0 Å². The van der Waals surface area contributed by atoms with Gasteiger partial charge in [-0.1, -0.05) is 97.4 Å². The minimum absolute atomic E-state index is 0.0398. The van der Waals surface area contributed by atoms with Crippen molar-refractivity contribution in [3.05, 3.63) is 126 Å². The number of para-hydroxylation sites is 2. The van der Waals surface area contributed by atoms with E-state index in [-0.39, 0.29) is 29.5 Å². The fraction of sp³-hybridized carbons (Fsp3) is 0.257. The van der Waals surface area contributed by atoms with Crippen LogP contribution in [0.5, 0.6) is 5.75 Å². The molecule has 4 aromatic rings. The summed E-state index contributed by atoms with van der Waals surface area (Å²) in [6.45, 7) is 3.85. The Bertz CT molecular complexity index is 1630. The summed E-state index contributed by atoms with van der Waals surface area (Å²) >= 11 is 0. The van der Waals surface area contributed by atoms with E-state index in [2.05, 4.69) is 5.32 Å². The number of aryl methyl sites for hydroxylation is 1. The van der Waals surface area contributed by atoms with Crippen LogP contribution in [0.3, 0.4) is 0 Å². The Morgan fingerprint density at radius 3 is 2.02 bits per heavy atom. The number of hydrogen-bond donors (Lipinski definition) is 1. The zero-order chi connectivity index (χ0) is 31.5. The number of carbonyl (C=O) groups excluding carboxylic acids is 2. The van der Waals surface area contributed by atoms with E-state index in [9.17, 15) is 18.0 Å². The molecule has 0 radical (unpaired) electrons. The first-order chi connectivity index (χ1) is 21.2. The lowest BCUT2D eigenvalue weighted by Crippen LogP contribution is -2.53. The summed E-state index contributed by atoms with van der Waals surface area (Å²) in [5, 5.41) is 2.95. The van der Waals surface area contributed by atoms with Crippen LogP contribution in [0.4, 0.5) is 5.69 Å². The Balaban J connectivity index is 1.81. The summed E-state index contributed by atoms with van der Waals surface area (Å²) in [5.74, 6) is -0.527. The van der Waals surface area contributed by atoms with Crippen molar-refractivity contribution in [2.45, 2.75) is 44.2 Å². The van der Waals surface area contributed by atoms with Gasteiger partial charge >= 0.3 is 0 Å². The molecule has 0 aromatic heterocycles. The van der Waals surface area contributed by atoms with Crippen LogP contribution in [0.2, 0.25) is 0 Å². The van der Waals surface area contributed by atoms with E-state index < -0.39 is 28.5 Å². The van der Waals surface area contributed by atoms with Gasteiger partial charge in [0.2, 0.25) is 11.8 Å². The van der Waals surface area contributed by atoms with Crippen molar-refractivity contribution >= 4 is 27.5 Å². The predicted octanol–water partition coefficient (Wildman–Crippen LogP) is 5.37. The maximum absolute atomic E-state index is 14.5. The molecule has 1 unspecified atom stereocenters. The van der Waals surface area contributed by atoms with Crippen LogP contribution >= 0.6 is 0 Å². The smallest absolute Gasteiger partial charge is 0.264 e. The first-order valence-electron chi connectivity index (χ1n) is 14.6. The molecule has 0 aliphatic carbocycles. The largest absolute Gasteiger partial charge is 0.495 e. The lowest BCUT2D eigenvalue weighted by molar-refractivity contribution is -0.140. The van der Waals surface area contributed by atoms with Crippen molar-refractivity contribution in [2.75, 3.05) is 24.5 Å². The SMILES string of the molecule is CCCNC(=O)C(Cc1ccccc1)N(Cc1ccccc1)C(=O)CN(c1ccccc1OC)S(=O)(=O)c1ccc(C)cc1. The van der Waals surface area contributed by atoms with E-state index in [1.54, 1.807) is 36.4 Å². The van der Waals surface area contributed by atoms with E-state index in [4.69, 9.17) is 4.74 Å². The van der Waals surface area contributed by atoms with E-state index in [1.165, 1.54) is 24.1 Å². The number of benzene rings is 4. The molecule has 0 spiro atoms. The van der Waals surface area contributed by atoms with Crippen molar-refractivity contribution < 1.29 is 22.7 Å². The molecule has 8 nitrogen and oxygen atoms in total. The summed E-state index contributed by atoms with van der Waals surface area (Å²) < 4.78 is 35.0. The molecule has 0 fully saturated rings. The molecule has 0 saturated carbocycles. The van der Waals surface area contributed by atoms with Gasteiger partial charge in [-0.25, -0.2) is 8.42 Å². The van der Waals surface area contributed by atoms with Crippen LogP contribution in [0.25, 0.3) is 0 Å². The summed E-state index contributed by atoms with van der Waals surface area (Å²) in [6, 6.07) is 31.1. The molecular weight excluding hydrogens is 574 g/mol. The zero-order valence-electron chi connectivity index (χ0n) is 25.3. The molecule has 9 heteroatoms. The molecular formula is C35H39N3O5S. The first kappa shape index (κ1) is 32.3. The van der Waals surface area contributed by atoms with Gasteiger partial charge in [-0.2, -0.15) is 0 Å². The number of ether oxygens (including phenoxy) is 1. The molecule has 0 aliphatic rings. The Hall–Kier alpha value is -4.63. The second-order valence-corrected chi connectivity index (χ2v) is 12.4. The van der Waals surface area contributed by atoms with Gasteiger partial charge in [-0.15, -0.1) is 0 Å². The standard InChI is InChI=1S/C35H39N3O5S/c1-4-23-36-35(40)32(24-28-13-7-5-8-14-28)37(25-29-15-9-6-10-16-29)34(39)26-38(31-17-11-12-18-33(31)43-3)44(41,42)30-21-19-27(2)20-22-30/h5-22,32H,4,23-26H2,1-3H3,(H,36,40). The van der Waals surface area contributed by atoms with Gasteiger partial charge in [0.05, 0.1) is 17.7 Å². The lowest BCUT2D eigenvalue weighted by atomic mass is 10.0. The average Bonchev–Trinajstić information content (AvgIpc) is 3.05. The van der Waals surface area contributed by atoms with Crippen LogP contribution in [-0.2, 0) is 32.6 Å². The molecule has 1 atom stereocenters. The van der Waals surface area contributed by atoms with Crippen molar-refractivity contribution in [1.82, 2.24) is 10.2 Å². The van der Waals surface area contributed by atoms with Gasteiger partial charge in [0.25, 0.3) is 10.0 Å². The number of carbonyl (C=O) groups is 2. The number of nitrogens with one attached hydrogen (secondary N) is 1. The third kappa shape index (κ3) is 8.05. The minimum atomic E-state index is -4.22. The van der Waals surface area contributed by atoms with Crippen LogP contribution < -0.4 is 14.4 Å². The highest BCUT2D eigenvalue weighted by atomic mass is 32.2. The molecule has 0 aliphatic heterocycles. The lowest BCUT2D eigenvalue weighted by Gasteiger charge is -2.34. The monoisotopic (exact) mass is 613 g/mol. The minimum Gasteiger partial charge on any atom is -0.495 e. The topological polar surface area (TPSA) is 96.0 Å². The van der Waals surface area contributed by atoms with Crippen LogP contribution in [-0.4, -0.2) is 51.4 Å². The maximum atomic E-state index is 14.5. The van der Waals surface area contributed by atoms with Crippen molar-refractivity contribution in [1.29, 1.82) is 0 Å². The molecule has 0 bridgehead atoms.